The van der Waals surface area contributed by atoms with Crippen LogP contribution in [0.3, 0.4) is 0 Å². The van der Waals surface area contributed by atoms with Gasteiger partial charge in [-0.05, 0) is 78.9 Å². The van der Waals surface area contributed by atoms with E-state index in [1.54, 1.807) is 36.4 Å². The van der Waals surface area contributed by atoms with E-state index >= 15 is 0 Å². The van der Waals surface area contributed by atoms with Gasteiger partial charge in [0.15, 0.2) is 0 Å². The molecule has 2 N–H and O–H groups in total. The first kappa shape index (κ1) is 21.9. The maximum Gasteiger partial charge on any atom is 0.261 e. The molecule has 2 aliphatic rings. The van der Waals surface area contributed by atoms with Gasteiger partial charge in [-0.25, -0.2) is 8.42 Å². The average Bonchev–Trinajstić information content (AvgIpc) is 3.30. The normalized spacial score (nSPS) is 21.1. The second kappa shape index (κ2) is 8.76. The number of anilines is 2. The third-order valence-corrected chi connectivity index (χ3v) is 8.03. The molecule has 3 unspecified atom stereocenters. The number of nitrogens with one attached hydrogen (secondary N) is 2. The number of halogens is 1. The van der Waals surface area contributed by atoms with Crippen molar-refractivity contribution in [3.05, 3.63) is 95.0 Å². The largest absolute Gasteiger partial charge is 0.494 e. The molecule has 0 bridgehead atoms. The molecule has 170 valence electrons. The van der Waals surface area contributed by atoms with Crippen LogP contribution < -0.4 is 14.8 Å². The Hall–Kier alpha value is -2.96. The van der Waals surface area contributed by atoms with Crippen molar-refractivity contribution in [3.8, 4) is 5.75 Å². The van der Waals surface area contributed by atoms with E-state index in [1.807, 2.05) is 31.2 Å². The van der Waals surface area contributed by atoms with E-state index in [2.05, 4.69) is 28.3 Å². The second-order valence-electron chi connectivity index (χ2n) is 8.31. The molecular weight excluding hydrogens is 456 g/mol. The maximum absolute atomic E-state index is 13.1. The zero-order chi connectivity index (χ0) is 23.0. The van der Waals surface area contributed by atoms with Crippen molar-refractivity contribution in [1.82, 2.24) is 0 Å². The van der Waals surface area contributed by atoms with E-state index in [-0.39, 0.29) is 22.8 Å². The number of hydrogen-bond donors (Lipinski definition) is 2. The summed E-state index contributed by atoms with van der Waals surface area (Å²) >= 11 is 6.51. The molecule has 0 spiro atoms. The minimum absolute atomic E-state index is 0.0654. The molecule has 3 aromatic carbocycles. The Labute approximate surface area is 199 Å². The molecule has 1 aliphatic heterocycles. The highest BCUT2D eigenvalue weighted by molar-refractivity contribution is 7.92. The SMILES string of the molecule is CCOc1ccc(NS(=O)(=O)c2ccc3c(c2)C2C=CCC2C(c2ccccc2Cl)N3)cc1. The predicted molar refractivity (Wildman–Crippen MR) is 133 cm³/mol. The number of sulfonamides is 1. The van der Waals surface area contributed by atoms with Crippen molar-refractivity contribution in [2.24, 2.45) is 5.92 Å². The first-order valence-corrected chi connectivity index (χ1v) is 12.9. The molecule has 0 saturated carbocycles. The van der Waals surface area contributed by atoms with Gasteiger partial charge in [-0.15, -0.1) is 0 Å². The molecule has 0 aromatic heterocycles. The lowest BCUT2D eigenvalue weighted by Crippen LogP contribution is -2.29. The molecule has 3 atom stereocenters. The molecule has 5 rings (SSSR count). The van der Waals surface area contributed by atoms with Crippen molar-refractivity contribution in [2.45, 2.75) is 30.2 Å². The molecule has 0 fully saturated rings. The zero-order valence-electron chi connectivity index (χ0n) is 18.2. The summed E-state index contributed by atoms with van der Waals surface area (Å²) in [4.78, 5) is 0.243. The topological polar surface area (TPSA) is 67.4 Å². The molecule has 3 aromatic rings. The molecule has 0 amide bonds. The van der Waals surface area contributed by atoms with Crippen LogP contribution in [-0.2, 0) is 10.0 Å². The molecule has 1 aliphatic carbocycles. The highest BCUT2D eigenvalue weighted by Crippen LogP contribution is 2.51. The molecular formula is C26H25ClN2O3S. The second-order valence-corrected chi connectivity index (χ2v) is 10.4. The van der Waals surface area contributed by atoms with Crippen LogP contribution in [0.4, 0.5) is 11.4 Å². The third kappa shape index (κ3) is 4.21. The lowest BCUT2D eigenvalue weighted by atomic mass is 9.77. The predicted octanol–water partition coefficient (Wildman–Crippen LogP) is 6.37. The van der Waals surface area contributed by atoms with E-state index in [4.69, 9.17) is 16.3 Å². The van der Waals surface area contributed by atoms with Crippen molar-refractivity contribution < 1.29 is 13.2 Å². The third-order valence-electron chi connectivity index (χ3n) is 6.30. The first-order chi connectivity index (χ1) is 16.0. The van der Waals surface area contributed by atoms with Crippen LogP contribution in [0.1, 0.15) is 36.4 Å². The van der Waals surface area contributed by atoms with Crippen LogP contribution in [0.5, 0.6) is 5.75 Å². The Morgan fingerprint density at radius 1 is 1.06 bits per heavy atom. The van der Waals surface area contributed by atoms with Crippen LogP contribution in [0.15, 0.2) is 83.8 Å². The zero-order valence-corrected chi connectivity index (χ0v) is 19.7. The monoisotopic (exact) mass is 480 g/mol. The first-order valence-electron chi connectivity index (χ1n) is 11.0. The standard InChI is InChI=1S/C26H25ClN2O3S/c1-2-32-18-12-10-17(11-13-18)29-33(30,31)19-14-15-25-23(16-19)20-7-5-8-21(20)26(28-25)22-6-3-4-9-24(22)27/h3-7,9-16,20-21,26,28-29H,2,8H2,1H3. The molecule has 7 heteroatoms. The van der Waals surface area contributed by atoms with Gasteiger partial charge in [-0.3, -0.25) is 4.72 Å². The smallest absolute Gasteiger partial charge is 0.261 e. The number of fused-ring (bicyclic) bond motifs is 3. The minimum atomic E-state index is -3.74. The van der Waals surface area contributed by atoms with Crippen LogP contribution in [0.2, 0.25) is 5.02 Å². The van der Waals surface area contributed by atoms with Gasteiger partial charge in [-0.1, -0.05) is 42.0 Å². The lowest BCUT2D eigenvalue weighted by molar-refractivity contribution is 0.340. The van der Waals surface area contributed by atoms with E-state index in [0.29, 0.717) is 18.0 Å². The minimum Gasteiger partial charge on any atom is -0.494 e. The number of benzene rings is 3. The summed E-state index contributed by atoms with van der Waals surface area (Å²) in [6.45, 7) is 2.46. The Kier molecular flexibility index (Phi) is 5.81. The summed E-state index contributed by atoms with van der Waals surface area (Å²) in [5.74, 6) is 1.10. The number of hydrogen-bond acceptors (Lipinski definition) is 4. The fourth-order valence-corrected chi connectivity index (χ4v) is 6.12. The Morgan fingerprint density at radius 3 is 2.61 bits per heavy atom. The Balaban J connectivity index is 1.44. The Bertz CT molecular complexity index is 1310. The van der Waals surface area contributed by atoms with Crippen LogP contribution in [0.25, 0.3) is 0 Å². The van der Waals surface area contributed by atoms with Crippen molar-refractivity contribution in [2.75, 3.05) is 16.6 Å². The molecule has 1 heterocycles. The molecule has 5 nitrogen and oxygen atoms in total. The maximum atomic E-state index is 13.1. The summed E-state index contributed by atoms with van der Waals surface area (Å²) in [6, 6.07) is 20.2. The molecule has 0 saturated heterocycles. The molecule has 33 heavy (non-hydrogen) atoms. The van der Waals surface area contributed by atoms with E-state index in [9.17, 15) is 8.42 Å². The van der Waals surface area contributed by atoms with Crippen LogP contribution in [-0.4, -0.2) is 15.0 Å². The fraction of sp³-hybridized carbons (Fsp3) is 0.231. The van der Waals surface area contributed by atoms with Gasteiger partial charge in [0.25, 0.3) is 10.0 Å². The van der Waals surface area contributed by atoms with Gasteiger partial charge >= 0.3 is 0 Å². The van der Waals surface area contributed by atoms with Gasteiger partial charge in [-0.2, -0.15) is 0 Å². The Morgan fingerprint density at radius 2 is 1.85 bits per heavy atom. The fourth-order valence-electron chi connectivity index (χ4n) is 4.77. The summed E-state index contributed by atoms with van der Waals surface area (Å²) in [6.07, 6.45) is 5.27. The van der Waals surface area contributed by atoms with Crippen molar-refractivity contribution in [3.63, 3.8) is 0 Å². The number of allylic oxidation sites excluding steroid dienone is 2. The highest BCUT2D eigenvalue weighted by Gasteiger charge is 2.39. The van der Waals surface area contributed by atoms with Gasteiger partial charge in [0.2, 0.25) is 0 Å². The van der Waals surface area contributed by atoms with Crippen LogP contribution >= 0.6 is 11.6 Å². The average molecular weight is 481 g/mol. The highest BCUT2D eigenvalue weighted by atomic mass is 35.5. The summed E-state index contributed by atoms with van der Waals surface area (Å²) < 4.78 is 34.3. The molecule has 0 radical (unpaired) electrons. The van der Waals surface area contributed by atoms with Gasteiger partial charge in [0.1, 0.15) is 5.75 Å². The van der Waals surface area contributed by atoms with E-state index in [1.165, 1.54) is 0 Å². The number of rotatable bonds is 6. The lowest BCUT2D eigenvalue weighted by Gasteiger charge is -2.38. The van der Waals surface area contributed by atoms with Gasteiger partial charge in [0.05, 0.1) is 17.5 Å². The summed E-state index contributed by atoms with van der Waals surface area (Å²) in [7, 11) is -3.74. The van der Waals surface area contributed by atoms with E-state index in [0.717, 1.165) is 28.3 Å². The van der Waals surface area contributed by atoms with Crippen molar-refractivity contribution >= 4 is 33.0 Å². The summed E-state index contributed by atoms with van der Waals surface area (Å²) in [5, 5.41) is 4.36. The quantitative estimate of drug-likeness (QED) is 0.402. The van der Waals surface area contributed by atoms with Gasteiger partial charge < -0.3 is 10.1 Å². The summed E-state index contributed by atoms with van der Waals surface area (Å²) in [5.41, 5.74) is 3.49. The number of ether oxygens (including phenoxy) is 1. The van der Waals surface area contributed by atoms with Crippen molar-refractivity contribution in [1.29, 1.82) is 0 Å². The van der Waals surface area contributed by atoms with Crippen LogP contribution in [0, 0.1) is 5.92 Å². The van der Waals surface area contributed by atoms with Gasteiger partial charge in [0, 0.05) is 22.3 Å². The van der Waals surface area contributed by atoms with E-state index < -0.39 is 10.0 Å².